The van der Waals surface area contributed by atoms with Gasteiger partial charge < -0.3 is 24.6 Å². The smallest absolute Gasteiger partial charge is 0.164 e. The molecule has 24 heavy (non-hydrogen) atoms. The Morgan fingerprint density at radius 3 is 2.79 bits per heavy atom. The number of rotatable bonds is 3. The maximum Gasteiger partial charge on any atom is 0.164 e. The van der Waals surface area contributed by atoms with Gasteiger partial charge in [0.15, 0.2) is 12.0 Å². The van der Waals surface area contributed by atoms with Crippen LogP contribution >= 0.6 is 11.3 Å². The third-order valence-electron chi connectivity index (χ3n) is 4.15. The second-order valence-electron chi connectivity index (χ2n) is 5.55. The molecule has 3 aromatic rings. The second-order valence-corrected chi connectivity index (χ2v) is 6.33. The van der Waals surface area contributed by atoms with Gasteiger partial charge in [-0.25, -0.2) is 14.4 Å². The van der Waals surface area contributed by atoms with E-state index in [4.69, 9.17) is 4.74 Å². The molecular formula is C15H14FN3O4S. The monoisotopic (exact) mass is 351 g/mol. The molecule has 0 amide bonds. The fraction of sp³-hybridized carbons (Fsp3) is 0.333. The summed E-state index contributed by atoms with van der Waals surface area (Å²) in [6, 6.07) is 1.83. The molecule has 7 nitrogen and oxygen atoms in total. The predicted octanol–water partition coefficient (Wildman–Crippen LogP) is 0.910. The van der Waals surface area contributed by atoms with Crippen molar-refractivity contribution in [2.45, 2.75) is 24.5 Å². The average molecular weight is 351 g/mol. The van der Waals surface area contributed by atoms with Crippen molar-refractivity contribution < 1.29 is 24.4 Å². The van der Waals surface area contributed by atoms with E-state index in [0.717, 1.165) is 11.8 Å². The highest BCUT2D eigenvalue weighted by Crippen LogP contribution is 2.35. The Morgan fingerprint density at radius 2 is 2.12 bits per heavy atom. The number of hydrogen-bond acceptors (Lipinski definition) is 7. The van der Waals surface area contributed by atoms with Crippen LogP contribution in [0.2, 0.25) is 0 Å². The van der Waals surface area contributed by atoms with Crippen LogP contribution in [0.25, 0.3) is 22.3 Å². The topological polar surface area (TPSA) is 101 Å². The van der Waals surface area contributed by atoms with Gasteiger partial charge in [-0.1, -0.05) is 0 Å². The van der Waals surface area contributed by atoms with Crippen molar-refractivity contribution in [2.75, 3.05) is 6.61 Å². The molecule has 1 aliphatic rings. The lowest BCUT2D eigenvalue weighted by molar-refractivity contribution is -0.0510. The Bertz CT molecular complexity index is 869. The molecule has 126 valence electrons. The number of ether oxygens (including phenoxy) is 1. The van der Waals surface area contributed by atoms with Crippen molar-refractivity contribution in [3.05, 3.63) is 35.2 Å². The SMILES string of the molecule is OC[C@H]1O[C@@H](n2cc(F)c3c(-c4ccsc4)ncnc32)C(O)[C@@H]1O. The summed E-state index contributed by atoms with van der Waals surface area (Å²) in [5.74, 6) is -0.551. The highest BCUT2D eigenvalue weighted by molar-refractivity contribution is 7.08. The van der Waals surface area contributed by atoms with E-state index in [1.165, 1.54) is 22.2 Å². The molecule has 0 aromatic carbocycles. The summed E-state index contributed by atoms with van der Waals surface area (Å²) in [6.45, 7) is -0.453. The molecule has 4 heterocycles. The zero-order chi connectivity index (χ0) is 16.8. The molecule has 1 fully saturated rings. The Hall–Kier alpha value is -1.91. The molecule has 0 bridgehead atoms. The number of fused-ring (bicyclic) bond motifs is 1. The molecular weight excluding hydrogens is 337 g/mol. The van der Waals surface area contributed by atoms with E-state index in [9.17, 15) is 19.7 Å². The van der Waals surface area contributed by atoms with Gasteiger partial charge >= 0.3 is 0 Å². The first-order valence-electron chi connectivity index (χ1n) is 7.28. The second kappa shape index (κ2) is 5.87. The van der Waals surface area contributed by atoms with Crippen molar-refractivity contribution in [2.24, 2.45) is 0 Å². The van der Waals surface area contributed by atoms with Gasteiger partial charge in [0, 0.05) is 17.1 Å². The number of nitrogens with zero attached hydrogens (tertiary/aromatic N) is 3. The van der Waals surface area contributed by atoms with Gasteiger partial charge in [0.2, 0.25) is 0 Å². The fourth-order valence-electron chi connectivity index (χ4n) is 2.96. The number of aliphatic hydroxyl groups excluding tert-OH is 3. The lowest BCUT2D eigenvalue weighted by Crippen LogP contribution is -2.33. The summed E-state index contributed by atoms with van der Waals surface area (Å²) in [7, 11) is 0. The van der Waals surface area contributed by atoms with Gasteiger partial charge in [0.25, 0.3) is 0 Å². The summed E-state index contributed by atoms with van der Waals surface area (Å²) in [4.78, 5) is 8.27. The van der Waals surface area contributed by atoms with Crippen molar-refractivity contribution in [1.82, 2.24) is 14.5 Å². The Morgan fingerprint density at radius 1 is 1.29 bits per heavy atom. The summed E-state index contributed by atoms with van der Waals surface area (Å²) >= 11 is 1.47. The molecule has 9 heteroatoms. The maximum absolute atomic E-state index is 14.6. The van der Waals surface area contributed by atoms with E-state index in [1.807, 2.05) is 16.8 Å². The highest BCUT2D eigenvalue weighted by atomic mass is 32.1. The summed E-state index contributed by atoms with van der Waals surface area (Å²) in [5.41, 5.74) is 1.47. The third kappa shape index (κ3) is 2.25. The van der Waals surface area contributed by atoms with E-state index in [-0.39, 0.29) is 11.0 Å². The van der Waals surface area contributed by atoms with E-state index >= 15 is 0 Å². The molecule has 1 aliphatic heterocycles. The van der Waals surface area contributed by atoms with Crippen molar-refractivity contribution in [1.29, 1.82) is 0 Å². The molecule has 4 atom stereocenters. The first-order valence-corrected chi connectivity index (χ1v) is 8.22. The van der Waals surface area contributed by atoms with E-state index in [2.05, 4.69) is 9.97 Å². The zero-order valence-corrected chi connectivity index (χ0v) is 13.1. The normalized spacial score (nSPS) is 27.2. The van der Waals surface area contributed by atoms with Gasteiger partial charge in [0.1, 0.15) is 30.3 Å². The van der Waals surface area contributed by atoms with Gasteiger partial charge in [-0.2, -0.15) is 11.3 Å². The van der Waals surface area contributed by atoms with Crippen LogP contribution in [0.4, 0.5) is 4.39 Å². The summed E-state index contributed by atoms with van der Waals surface area (Å²) < 4.78 is 21.4. The first-order chi connectivity index (χ1) is 11.6. The van der Waals surface area contributed by atoms with Gasteiger partial charge in [-0.3, -0.25) is 0 Å². The Balaban J connectivity index is 1.86. The van der Waals surface area contributed by atoms with Crippen LogP contribution < -0.4 is 0 Å². The average Bonchev–Trinajstić information content (AvgIpc) is 3.29. The quantitative estimate of drug-likeness (QED) is 0.649. The summed E-state index contributed by atoms with van der Waals surface area (Å²) in [6.07, 6.45) is -2.09. The molecule has 0 aliphatic carbocycles. The number of halogens is 1. The number of hydrogen-bond donors (Lipinski definition) is 3. The molecule has 0 radical (unpaired) electrons. The Kier molecular flexibility index (Phi) is 3.82. The van der Waals surface area contributed by atoms with Crippen LogP contribution in [0.1, 0.15) is 6.23 Å². The highest BCUT2D eigenvalue weighted by Gasteiger charge is 2.44. The molecule has 0 spiro atoms. The van der Waals surface area contributed by atoms with Gasteiger partial charge in [-0.15, -0.1) is 0 Å². The molecule has 3 N–H and O–H groups in total. The summed E-state index contributed by atoms with van der Waals surface area (Å²) in [5, 5.41) is 33.2. The predicted molar refractivity (Wildman–Crippen MR) is 83.8 cm³/mol. The first kappa shape index (κ1) is 15.6. The Labute approximate surface area is 139 Å². The minimum absolute atomic E-state index is 0.216. The standard InChI is InChI=1S/C15H14FN3O4S/c16-8-3-19(15-13(22)12(21)9(4-20)23-15)14-10(8)11(17-6-18-14)7-1-2-24-5-7/h1-3,5-6,9,12-13,15,20-22H,4H2/t9-,12-,13?,15-/m1/s1. The molecule has 3 aromatic heterocycles. The minimum Gasteiger partial charge on any atom is -0.394 e. The van der Waals surface area contributed by atoms with E-state index < -0.39 is 37.0 Å². The van der Waals surface area contributed by atoms with Gasteiger partial charge in [-0.05, 0) is 11.4 Å². The molecule has 0 saturated carbocycles. The van der Waals surface area contributed by atoms with Crippen LogP contribution in [0.3, 0.4) is 0 Å². The molecule has 1 unspecified atom stereocenters. The van der Waals surface area contributed by atoms with E-state index in [0.29, 0.717) is 5.69 Å². The third-order valence-corrected chi connectivity index (χ3v) is 4.83. The van der Waals surface area contributed by atoms with Gasteiger partial charge in [0.05, 0.1) is 17.7 Å². The van der Waals surface area contributed by atoms with Crippen LogP contribution in [-0.4, -0.2) is 54.8 Å². The van der Waals surface area contributed by atoms with Crippen LogP contribution in [0.5, 0.6) is 0 Å². The van der Waals surface area contributed by atoms with Crippen LogP contribution in [0.15, 0.2) is 29.4 Å². The van der Waals surface area contributed by atoms with Crippen LogP contribution in [0, 0.1) is 5.82 Å². The van der Waals surface area contributed by atoms with E-state index in [1.54, 1.807) is 0 Å². The zero-order valence-electron chi connectivity index (χ0n) is 12.3. The lowest BCUT2D eigenvalue weighted by atomic mass is 10.1. The maximum atomic E-state index is 14.6. The van der Waals surface area contributed by atoms with Crippen molar-refractivity contribution in [3.8, 4) is 11.3 Å². The number of aromatic nitrogens is 3. The molecule has 4 rings (SSSR count). The van der Waals surface area contributed by atoms with Crippen molar-refractivity contribution in [3.63, 3.8) is 0 Å². The number of thiophene rings is 1. The fourth-order valence-corrected chi connectivity index (χ4v) is 3.60. The number of aliphatic hydroxyl groups is 3. The van der Waals surface area contributed by atoms with Crippen LogP contribution in [-0.2, 0) is 4.74 Å². The largest absolute Gasteiger partial charge is 0.394 e. The van der Waals surface area contributed by atoms with Crippen molar-refractivity contribution >= 4 is 22.4 Å². The minimum atomic E-state index is -1.31. The molecule has 1 saturated heterocycles. The lowest BCUT2D eigenvalue weighted by Gasteiger charge is -2.17.